The van der Waals surface area contributed by atoms with Gasteiger partial charge in [0.2, 0.25) is 0 Å². The van der Waals surface area contributed by atoms with Crippen molar-refractivity contribution in [3.8, 4) is 0 Å². The van der Waals surface area contributed by atoms with Crippen LogP contribution in [-0.4, -0.2) is 34.2 Å². The van der Waals surface area contributed by atoms with Crippen LogP contribution in [0.3, 0.4) is 0 Å². The van der Waals surface area contributed by atoms with E-state index in [1.807, 2.05) is 19.9 Å². The number of hydrogen-bond donors (Lipinski definition) is 0. The Hall–Kier alpha value is -1.75. The van der Waals surface area contributed by atoms with Crippen molar-refractivity contribution in [1.82, 2.24) is 4.90 Å². The van der Waals surface area contributed by atoms with Gasteiger partial charge in [0.25, 0.3) is 11.1 Å². The average Bonchev–Trinajstić information content (AvgIpc) is 2.82. The van der Waals surface area contributed by atoms with Gasteiger partial charge in [0, 0.05) is 23.8 Å². The fourth-order valence-electron chi connectivity index (χ4n) is 4.47. The Bertz CT molecular complexity index is 826. The second-order valence-electron chi connectivity index (χ2n) is 8.57. The summed E-state index contributed by atoms with van der Waals surface area (Å²) in [5.74, 6) is 0.276. The summed E-state index contributed by atoms with van der Waals surface area (Å²) in [5.41, 5.74) is 4.93. The molecule has 3 rings (SSSR count). The summed E-state index contributed by atoms with van der Waals surface area (Å²) in [5, 5.41) is -0.177. The number of rotatable bonds is 3. The molecular weight excluding hydrogens is 356 g/mol. The summed E-state index contributed by atoms with van der Waals surface area (Å²) in [6.45, 7) is 15.9. The summed E-state index contributed by atoms with van der Waals surface area (Å²) in [6.07, 6.45) is 2.99. The number of fused-ring (bicyclic) bond motifs is 1. The number of carbonyl (C=O) groups excluding carboxylic acids is 2. The number of hydrogen-bond acceptors (Lipinski definition) is 4. The number of aryl methyl sites for hydroxylation is 1. The van der Waals surface area contributed by atoms with E-state index in [4.69, 9.17) is 0 Å². The predicted molar refractivity (Wildman–Crippen MR) is 114 cm³/mol. The van der Waals surface area contributed by atoms with E-state index in [2.05, 4.69) is 51.7 Å². The second kappa shape index (κ2) is 7.01. The fourth-order valence-corrected chi connectivity index (χ4v) is 5.42. The molecule has 2 amide bonds. The molecule has 1 atom stereocenters. The molecule has 5 heteroatoms. The van der Waals surface area contributed by atoms with E-state index in [1.54, 1.807) is 0 Å². The van der Waals surface area contributed by atoms with Crippen LogP contribution in [0, 0.1) is 6.92 Å². The molecule has 1 aromatic rings. The first-order chi connectivity index (χ1) is 12.6. The molecule has 1 saturated heterocycles. The lowest BCUT2D eigenvalue weighted by Crippen LogP contribution is -2.48. The van der Waals surface area contributed by atoms with Gasteiger partial charge in [-0.05, 0) is 101 Å². The third kappa shape index (κ3) is 3.42. The van der Waals surface area contributed by atoms with Crippen LogP contribution >= 0.6 is 11.8 Å². The Morgan fingerprint density at radius 1 is 1.30 bits per heavy atom. The standard InChI is InChI=1S/C22H30N2O2S/c1-8-23-18-9-14(4)16(10-17(18)15(5)12-22(23,6)7)11-19-20(25)24(13(2)3)21(26)27-19/h9-11,13,15H,8,12H2,1-7H3/b19-11-/t15-/m0/s1. The van der Waals surface area contributed by atoms with E-state index >= 15 is 0 Å². The summed E-state index contributed by atoms with van der Waals surface area (Å²) < 4.78 is 0. The molecule has 146 valence electrons. The maximum atomic E-state index is 12.6. The maximum Gasteiger partial charge on any atom is 0.293 e. The third-order valence-electron chi connectivity index (χ3n) is 5.72. The summed E-state index contributed by atoms with van der Waals surface area (Å²) in [7, 11) is 0. The van der Waals surface area contributed by atoms with Crippen molar-refractivity contribution in [2.75, 3.05) is 11.4 Å². The molecule has 0 radical (unpaired) electrons. The minimum absolute atomic E-state index is 0.117. The number of amides is 2. The number of thioether (sulfide) groups is 1. The molecule has 0 bridgehead atoms. The van der Waals surface area contributed by atoms with Gasteiger partial charge >= 0.3 is 0 Å². The number of anilines is 1. The first-order valence-corrected chi connectivity index (χ1v) is 10.6. The molecule has 2 heterocycles. The van der Waals surface area contributed by atoms with Gasteiger partial charge in [-0.2, -0.15) is 0 Å². The lowest BCUT2D eigenvalue weighted by molar-refractivity contribution is -0.123. The molecular formula is C22H30N2O2S. The zero-order valence-electron chi connectivity index (χ0n) is 17.4. The summed E-state index contributed by atoms with van der Waals surface area (Å²) in [6, 6.07) is 4.35. The SMILES string of the molecule is CCN1c2cc(C)c(/C=C3\SC(=O)N(C(C)C)C3=O)cc2[C@@H](C)CC1(C)C. The van der Waals surface area contributed by atoms with Gasteiger partial charge in [-0.15, -0.1) is 0 Å². The molecule has 0 saturated carbocycles. The number of carbonyl (C=O) groups is 2. The van der Waals surface area contributed by atoms with Crippen LogP contribution < -0.4 is 4.90 Å². The topological polar surface area (TPSA) is 40.6 Å². The Morgan fingerprint density at radius 3 is 2.52 bits per heavy atom. The van der Waals surface area contributed by atoms with Gasteiger partial charge in [0.1, 0.15) is 0 Å². The summed E-state index contributed by atoms with van der Waals surface area (Å²) >= 11 is 1.04. The van der Waals surface area contributed by atoms with E-state index in [0.29, 0.717) is 10.8 Å². The fraction of sp³-hybridized carbons (Fsp3) is 0.545. The van der Waals surface area contributed by atoms with Crippen LogP contribution in [0.15, 0.2) is 17.0 Å². The van der Waals surface area contributed by atoms with Crippen molar-refractivity contribution in [2.45, 2.75) is 72.4 Å². The molecule has 2 aliphatic heterocycles. The van der Waals surface area contributed by atoms with Crippen molar-refractivity contribution in [3.63, 3.8) is 0 Å². The molecule has 0 N–H and O–H groups in total. The van der Waals surface area contributed by atoms with Gasteiger partial charge in [-0.3, -0.25) is 14.5 Å². The highest BCUT2D eigenvalue weighted by Crippen LogP contribution is 2.45. The molecule has 0 aromatic heterocycles. The van der Waals surface area contributed by atoms with Crippen molar-refractivity contribution < 1.29 is 9.59 Å². The number of benzene rings is 1. The lowest BCUT2D eigenvalue weighted by Gasteiger charge is -2.47. The normalized spacial score (nSPS) is 23.6. The Balaban J connectivity index is 2.04. The number of imide groups is 1. The maximum absolute atomic E-state index is 12.6. The van der Waals surface area contributed by atoms with E-state index in [9.17, 15) is 9.59 Å². The molecule has 1 aromatic carbocycles. The van der Waals surface area contributed by atoms with Crippen LogP contribution in [0.4, 0.5) is 10.5 Å². The first-order valence-electron chi connectivity index (χ1n) is 9.76. The molecule has 2 aliphatic rings. The zero-order valence-corrected chi connectivity index (χ0v) is 18.2. The molecule has 0 aliphatic carbocycles. The predicted octanol–water partition coefficient (Wildman–Crippen LogP) is 5.55. The molecule has 0 spiro atoms. The monoisotopic (exact) mass is 386 g/mol. The van der Waals surface area contributed by atoms with Gasteiger partial charge in [0.05, 0.1) is 4.91 Å². The Labute approximate surface area is 167 Å². The highest BCUT2D eigenvalue weighted by atomic mass is 32.2. The highest BCUT2D eigenvalue weighted by Gasteiger charge is 2.38. The van der Waals surface area contributed by atoms with Crippen LogP contribution in [0.2, 0.25) is 0 Å². The van der Waals surface area contributed by atoms with Gasteiger partial charge in [-0.1, -0.05) is 6.92 Å². The van der Waals surface area contributed by atoms with Crippen molar-refractivity contribution in [1.29, 1.82) is 0 Å². The average molecular weight is 387 g/mol. The zero-order chi connectivity index (χ0) is 20.1. The van der Waals surface area contributed by atoms with Gasteiger partial charge < -0.3 is 4.90 Å². The third-order valence-corrected chi connectivity index (χ3v) is 6.60. The largest absolute Gasteiger partial charge is 0.366 e. The highest BCUT2D eigenvalue weighted by molar-refractivity contribution is 8.18. The van der Waals surface area contributed by atoms with Crippen LogP contribution in [0.25, 0.3) is 6.08 Å². The minimum Gasteiger partial charge on any atom is -0.366 e. The number of nitrogens with zero attached hydrogens (tertiary/aromatic N) is 2. The quantitative estimate of drug-likeness (QED) is 0.639. The molecule has 1 fully saturated rings. The molecule has 27 heavy (non-hydrogen) atoms. The second-order valence-corrected chi connectivity index (χ2v) is 9.57. The van der Waals surface area contributed by atoms with Gasteiger partial charge in [0.15, 0.2) is 0 Å². The van der Waals surface area contributed by atoms with E-state index < -0.39 is 0 Å². The van der Waals surface area contributed by atoms with Gasteiger partial charge in [-0.25, -0.2) is 0 Å². The van der Waals surface area contributed by atoms with E-state index in [-0.39, 0.29) is 22.7 Å². The van der Waals surface area contributed by atoms with Crippen LogP contribution in [0.1, 0.15) is 70.6 Å². The minimum atomic E-state index is -0.179. The van der Waals surface area contributed by atoms with Crippen molar-refractivity contribution in [2.24, 2.45) is 0 Å². The first kappa shape index (κ1) is 20.0. The molecule has 4 nitrogen and oxygen atoms in total. The van der Waals surface area contributed by atoms with Crippen molar-refractivity contribution in [3.05, 3.63) is 33.7 Å². The Kier molecular flexibility index (Phi) is 5.19. The van der Waals surface area contributed by atoms with E-state index in [0.717, 1.165) is 35.9 Å². The van der Waals surface area contributed by atoms with Crippen molar-refractivity contribution >= 4 is 34.7 Å². The smallest absolute Gasteiger partial charge is 0.293 e. The Morgan fingerprint density at radius 2 is 1.96 bits per heavy atom. The van der Waals surface area contributed by atoms with Crippen LogP contribution in [0.5, 0.6) is 0 Å². The van der Waals surface area contributed by atoms with Crippen LogP contribution in [-0.2, 0) is 4.79 Å². The molecule has 0 unspecified atom stereocenters. The lowest BCUT2D eigenvalue weighted by atomic mass is 9.79. The van der Waals surface area contributed by atoms with E-state index in [1.165, 1.54) is 16.2 Å². The summed E-state index contributed by atoms with van der Waals surface area (Å²) in [4.78, 5) is 29.1.